The third-order valence-electron chi connectivity index (χ3n) is 2.69. The van der Waals surface area contributed by atoms with E-state index < -0.39 is 17.9 Å². The van der Waals surface area contributed by atoms with Crippen molar-refractivity contribution in [3.8, 4) is 0 Å². The van der Waals surface area contributed by atoms with Gasteiger partial charge < -0.3 is 29.2 Å². The van der Waals surface area contributed by atoms with E-state index in [2.05, 4.69) is 0 Å². The number of nitrogens with one attached hydrogen (secondary N) is 1. The Hall–Kier alpha value is 0.900. The van der Waals surface area contributed by atoms with Gasteiger partial charge in [-0.2, -0.15) is 0 Å². The topological polar surface area (TPSA) is 166 Å². The first-order chi connectivity index (χ1) is 9.01. The van der Waals surface area contributed by atoms with E-state index in [1.807, 2.05) is 4.90 Å². The second-order valence-corrected chi connectivity index (χ2v) is 6.82. The van der Waals surface area contributed by atoms with Crippen LogP contribution in [0.4, 0.5) is 0 Å². The van der Waals surface area contributed by atoms with E-state index >= 15 is 0 Å². The molecule has 0 amide bonds. The van der Waals surface area contributed by atoms with Crippen LogP contribution in [0.5, 0.6) is 0 Å². The van der Waals surface area contributed by atoms with E-state index in [9.17, 15) is 13.0 Å². The molecule has 0 aliphatic carbocycles. The molecule has 0 aromatic rings. The fourth-order valence-corrected chi connectivity index (χ4v) is 2.22. The first kappa shape index (κ1) is 24.2. The quantitative estimate of drug-likeness (QED) is 0.212. The van der Waals surface area contributed by atoms with Gasteiger partial charge in [-0.1, -0.05) is 0 Å². The number of aliphatic hydroxyl groups excluding tert-OH is 1. The Kier molecular flexibility index (Phi) is 13.2. The smallest absolute Gasteiger partial charge is 0.756 e. The second kappa shape index (κ2) is 11.4. The Morgan fingerprint density at radius 1 is 1.24 bits per heavy atom. The average Bonchev–Trinajstić information content (AvgIpc) is 2.25. The van der Waals surface area contributed by atoms with Crippen molar-refractivity contribution in [1.29, 1.82) is 0 Å². The molecule has 0 aromatic heterocycles. The number of hydrogen-bond acceptors (Lipinski definition) is 7. The molecular formula is C8H20N2NaO8PS. The summed E-state index contributed by atoms with van der Waals surface area (Å²) in [6.07, 6.45) is 0. The van der Waals surface area contributed by atoms with Crippen molar-refractivity contribution in [2.24, 2.45) is 0 Å². The molecule has 21 heavy (non-hydrogen) atoms. The van der Waals surface area contributed by atoms with E-state index in [-0.39, 0.29) is 41.9 Å². The minimum absolute atomic E-state index is 0. The largest absolute Gasteiger partial charge is 1.00 e. The van der Waals surface area contributed by atoms with Crippen LogP contribution in [-0.2, 0) is 14.7 Å². The van der Waals surface area contributed by atoms with Crippen LogP contribution in [-0.4, -0.2) is 84.4 Å². The number of quaternary nitrogens is 1. The van der Waals surface area contributed by atoms with Crippen molar-refractivity contribution in [2.75, 3.05) is 51.6 Å². The van der Waals surface area contributed by atoms with Crippen molar-refractivity contribution in [3.63, 3.8) is 0 Å². The summed E-state index contributed by atoms with van der Waals surface area (Å²) in [4.78, 5) is 26.2. The fraction of sp³-hybridized carbons (Fsp3) is 1.00. The molecule has 1 aliphatic rings. The molecule has 0 radical (unpaired) electrons. The number of nitrogens with zero attached hydrogens (tertiary/aromatic N) is 1. The van der Waals surface area contributed by atoms with Crippen LogP contribution in [0.3, 0.4) is 0 Å². The molecular weight excluding hydrogens is 338 g/mol. The van der Waals surface area contributed by atoms with E-state index in [1.165, 1.54) is 4.90 Å². The predicted octanol–water partition coefficient (Wildman–Crippen LogP) is -7.83. The van der Waals surface area contributed by atoms with E-state index in [4.69, 9.17) is 24.4 Å². The monoisotopic (exact) mass is 358 g/mol. The maximum Gasteiger partial charge on any atom is 1.00 e. The number of aliphatic hydroxyl groups is 1. The van der Waals surface area contributed by atoms with Gasteiger partial charge in [0.15, 0.2) is 0 Å². The summed E-state index contributed by atoms with van der Waals surface area (Å²) in [7, 11) is -8.97. The first-order valence-corrected chi connectivity index (χ1v) is 8.99. The molecule has 1 saturated heterocycles. The SMILES string of the molecule is O=P([O-])(O)O.O=S(=O)([O-])CCN1CC[NH+](CCO)CC1.[Na+]. The standard InChI is InChI=1S/C8H18N2O4S.Na.H3O4P/c11-7-5-9-1-3-10(4-2-9)6-8-15(12,13)14;;1-5(2,3)4/h11H,1-8H2,(H,12,13,14);;(H3,1,2,3,4)/q;+1;/p-1. The minimum Gasteiger partial charge on any atom is -0.756 e. The van der Waals surface area contributed by atoms with Gasteiger partial charge in [0.1, 0.15) is 6.54 Å². The Balaban J connectivity index is 0. The van der Waals surface area contributed by atoms with Crippen LogP contribution in [0.2, 0.25) is 0 Å². The molecule has 1 heterocycles. The number of piperazine rings is 1. The number of rotatable bonds is 5. The minimum atomic E-state index is -4.89. The van der Waals surface area contributed by atoms with Gasteiger partial charge in [-0.05, 0) is 0 Å². The summed E-state index contributed by atoms with van der Waals surface area (Å²) in [5, 5.41) is 8.74. The van der Waals surface area contributed by atoms with Crippen molar-refractivity contribution in [3.05, 3.63) is 0 Å². The number of hydrogen-bond donors (Lipinski definition) is 4. The molecule has 0 spiro atoms. The Morgan fingerprint density at radius 2 is 1.67 bits per heavy atom. The van der Waals surface area contributed by atoms with Crippen LogP contribution in [0.15, 0.2) is 0 Å². The third-order valence-corrected chi connectivity index (χ3v) is 3.37. The third kappa shape index (κ3) is 18.9. The summed E-state index contributed by atoms with van der Waals surface area (Å²) in [5.41, 5.74) is 0. The molecule has 0 saturated carbocycles. The van der Waals surface area contributed by atoms with Crippen LogP contribution >= 0.6 is 7.82 Å². The van der Waals surface area contributed by atoms with Gasteiger partial charge in [0.25, 0.3) is 7.82 Å². The van der Waals surface area contributed by atoms with Crippen LogP contribution in [0, 0.1) is 0 Å². The molecule has 0 atom stereocenters. The maximum atomic E-state index is 10.4. The van der Waals surface area contributed by atoms with Crippen LogP contribution in [0.1, 0.15) is 0 Å². The normalized spacial score (nSPS) is 17.6. The van der Waals surface area contributed by atoms with Gasteiger partial charge in [0.05, 0.1) is 35.6 Å². The number of phosphoric acid groups is 1. The molecule has 122 valence electrons. The van der Waals surface area contributed by atoms with Gasteiger partial charge in [0.2, 0.25) is 0 Å². The molecule has 0 bridgehead atoms. The van der Waals surface area contributed by atoms with E-state index in [1.54, 1.807) is 0 Å². The average molecular weight is 358 g/mol. The van der Waals surface area contributed by atoms with E-state index in [0.717, 1.165) is 32.7 Å². The molecule has 0 aromatic carbocycles. The van der Waals surface area contributed by atoms with Gasteiger partial charge in [0, 0.05) is 19.6 Å². The fourth-order valence-electron chi connectivity index (χ4n) is 1.74. The molecule has 1 fully saturated rings. The van der Waals surface area contributed by atoms with Crippen molar-refractivity contribution in [2.45, 2.75) is 0 Å². The second-order valence-electron chi connectivity index (χ2n) is 4.32. The van der Waals surface area contributed by atoms with Crippen molar-refractivity contribution in [1.82, 2.24) is 4.90 Å². The van der Waals surface area contributed by atoms with Gasteiger partial charge in [-0.3, -0.25) is 9.46 Å². The molecule has 1 aliphatic heterocycles. The first-order valence-electron chi connectivity index (χ1n) is 5.88. The van der Waals surface area contributed by atoms with Gasteiger partial charge >= 0.3 is 29.6 Å². The van der Waals surface area contributed by atoms with Gasteiger partial charge in [-0.25, -0.2) is 8.42 Å². The van der Waals surface area contributed by atoms with Crippen LogP contribution < -0.4 is 39.4 Å². The summed E-state index contributed by atoms with van der Waals surface area (Å²) in [5.74, 6) is -0.303. The molecule has 4 N–H and O–H groups in total. The van der Waals surface area contributed by atoms with Crippen molar-refractivity contribution < 1.29 is 71.8 Å². The summed E-state index contributed by atoms with van der Waals surface area (Å²) >= 11 is 0. The molecule has 1 rings (SSSR count). The zero-order valence-corrected chi connectivity index (χ0v) is 15.6. The van der Waals surface area contributed by atoms with Crippen LogP contribution in [0.25, 0.3) is 0 Å². The summed E-state index contributed by atoms with van der Waals surface area (Å²) in [6.45, 7) is 4.66. The molecule has 13 heteroatoms. The van der Waals surface area contributed by atoms with E-state index in [0.29, 0.717) is 6.54 Å². The Bertz CT molecular complexity index is 400. The Morgan fingerprint density at radius 3 is 2.00 bits per heavy atom. The Labute approximate surface area is 146 Å². The predicted molar refractivity (Wildman–Crippen MR) is 65.7 cm³/mol. The zero-order valence-electron chi connectivity index (χ0n) is 11.8. The summed E-state index contributed by atoms with van der Waals surface area (Å²) in [6, 6.07) is 0. The molecule has 0 unspecified atom stereocenters. The van der Waals surface area contributed by atoms with Crippen molar-refractivity contribution >= 4 is 17.9 Å². The molecule has 10 nitrogen and oxygen atoms in total. The van der Waals surface area contributed by atoms with Gasteiger partial charge in [-0.15, -0.1) is 0 Å². The summed E-state index contributed by atoms with van der Waals surface area (Å²) < 4.78 is 40.0. The maximum absolute atomic E-state index is 10.4. The zero-order chi connectivity index (χ0) is 15.8.